The van der Waals surface area contributed by atoms with Crippen LogP contribution in [0.4, 0.5) is 5.69 Å². The van der Waals surface area contributed by atoms with Crippen molar-refractivity contribution in [2.45, 2.75) is 0 Å². The van der Waals surface area contributed by atoms with Crippen LogP contribution in [0.15, 0.2) is 142 Å². The van der Waals surface area contributed by atoms with Crippen LogP contribution in [-0.2, 0) is 0 Å². The third-order valence-corrected chi connectivity index (χ3v) is 10.1. The molecule has 7 aromatic carbocycles. The minimum absolute atomic E-state index is 0.588. The van der Waals surface area contributed by atoms with Crippen LogP contribution in [0.1, 0.15) is 5.56 Å². The fourth-order valence-electron chi connectivity index (χ4n) is 7.93. The first-order valence-corrected chi connectivity index (χ1v) is 16.3. The smallest absolute Gasteiger partial charge is 0.188 e. The van der Waals surface area contributed by atoms with Crippen LogP contribution in [-0.4, -0.2) is 9.13 Å². The molecule has 0 aliphatic carbocycles. The van der Waals surface area contributed by atoms with Crippen LogP contribution in [0.25, 0.3) is 104 Å². The molecule has 0 atom stereocenters. The number of furan rings is 2. The molecule has 0 radical (unpaired) electrons. The summed E-state index contributed by atoms with van der Waals surface area (Å²) in [5.41, 5.74) is 10.8. The summed E-state index contributed by atoms with van der Waals surface area (Å²) in [6.45, 7) is 7.55. The van der Waals surface area contributed by atoms with Crippen LogP contribution in [0, 0.1) is 17.9 Å². The molecule has 4 heterocycles. The van der Waals surface area contributed by atoms with Gasteiger partial charge in [-0.25, -0.2) is 4.85 Å². The van der Waals surface area contributed by atoms with Gasteiger partial charge in [0.2, 0.25) is 0 Å². The Balaban J connectivity index is 1.17. The number of nitrogens with zero attached hydrogens (tertiary/aromatic N) is 4. The average molecular weight is 639 g/mol. The Hall–Kier alpha value is -7.28. The van der Waals surface area contributed by atoms with Crippen LogP contribution in [0.5, 0.6) is 0 Å². The number of rotatable bonds is 2. The van der Waals surface area contributed by atoms with Gasteiger partial charge in [0.1, 0.15) is 22.3 Å². The van der Waals surface area contributed by atoms with Crippen LogP contribution in [0.3, 0.4) is 0 Å². The molecule has 50 heavy (non-hydrogen) atoms. The quantitative estimate of drug-likeness (QED) is 0.177. The minimum atomic E-state index is 0.588. The second-order valence-electron chi connectivity index (χ2n) is 12.8. The third kappa shape index (κ3) is 3.54. The topological polar surface area (TPSA) is 64.3 Å². The average Bonchev–Trinajstić information content (AvgIpc) is 3.90. The zero-order valence-corrected chi connectivity index (χ0v) is 26.3. The Kier molecular flexibility index (Phi) is 5.16. The molecule has 6 nitrogen and oxygen atoms in total. The molecule has 0 aliphatic rings. The molecule has 0 unspecified atom stereocenters. The normalized spacial score (nSPS) is 12.0. The van der Waals surface area contributed by atoms with E-state index in [-0.39, 0.29) is 0 Å². The number of hydrogen-bond donors (Lipinski definition) is 0. The van der Waals surface area contributed by atoms with Gasteiger partial charge in [0.25, 0.3) is 0 Å². The van der Waals surface area contributed by atoms with E-state index < -0.39 is 0 Å². The number of para-hydroxylation sites is 2. The molecule has 0 aliphatic heterocycles. The highest BCUT2D eigenvalue weighted by atomic mass is 16.3. The maximum atomic E-state index is 9.61. The second-order valence-corrected chi connectivity index (χ2v) is 12.8. The highest BCUT2D eigenvalue weighted by molar-refractivity contribution is 6.18. The van der Waals surface area contributed by atoms with E-state index in [1.54, 1.807) is 6.07 Å². The Morgan fingerprint density at radius 1 is 0.460 bits per heavy atom. The van der Waals surface area contributed by atoms with Gasteiger partial charge in [-0.1, -0.05) is 42.5 Å². The molecule has 0 bridgehead atoms. The molecule has 230 valence electrons. The van der Waals surface area contributed by atoms with Gasteiger partial charge in [0.05, 0.1) is 40.3 Å². The van der Waals surface area contributed by atoms with Gasteiger partial charge >= 0.3 is 0 Å². The summed E-state index contributed by atoms with van der Waals surface area (Å²) in [5, 5.41) is 18.0. The summed E-state index contributed by atoms with van der Waals surface area (Å²) in [6.07, 6.45) is 0. The van der Waals surface area contributed by atoms with Crippen molar-refractivity contribution in [3.05, 3.63) is 150 Å². The number of fused-ring (bicyclic) bond motifs is 12. The maximum Gasteiger partial charge on any atom is 0.188 e. The summed E-state index contributed by atoms with van der Waals surface area (Å²) in [5.74, 6) is 0. The van der Waals surface area contributed by atoms with E-state index in [0.717, 1.165) is 98.9 Å². The van der Waals surface area contributed by atoms with Gasteiger partial charge in [-0.05, 0) is 91.0 Å². The SMILES string of the molecule is [C-]#[N+]c1ccc2oc3cc4c5ccccc5n(-c5ccc6oc7ccc(-n8c9ccccc9c9cc(C#N)ccc98)cc7c6c5)c4cc3c2c1. The molecular formula is C44H22N4O2. The molecule has 11 aromatic rings. The van der Waals surface area contributed by atoms with E-state index in [0.29, 0.717) is 11.3 Å². The highest BCUT2D eigenvalue weighted by Gasteiger charge is 2.19. The van der Waals surface area contributed by atoms with Crippen molar-refractivity contribution in [2.24, 2.45) is 0 Å². The van der Waals surface area contributed by atoms with Crippen LogP contribution >= 0.6 is 0 Å². The summed E-state index contributed by atoms with van der Waals surface area (Å²) < 4.78 is 17.3. The standard InChI is InChI=1S/C44H22N4O2/c1-46-26-11-15-41-33(19-26)36-22-40-32(23-44(36)50-41)30-7-3-5-9-38(30)48(40)28-13-17-43-35(21-28)34-20-27(12-16-42(34)49-43)47-37-8-4-2-6-29(37)31-18-25(24-45)10-14-39(31)47/h2-23H. The van der Waals surface area contributed by atoms with Gasteiger partial charge in [0, 0.05) is 54.5 Å². The van der Waals surface area contributed by atoms with E-state index in [2.05, 4.69) is 105 Å². The molecule has 0 fully saturated rings. The van der Waals surface area contributed by atoms with E-state index in [4.69, 9.17) is 15.4 Å². The minimum Gasteiger partial charge on any atom is -0.456 e. The van der Waals surface area contributed by atoms with Crippen LogP contribution < -0.4 is 0 Å². The molecule has 11 rings (SSSR count). The summed E-state index contributed by atoms with van der Waals surface area (Å²) in [7, 11) is 0. The molecule has 0 saturated heterocycles. The first-order valence-electron chi connectivity index (χ1n) is 16.3. The van der Waals surface area contributed by atoms with Crippen molar-refractivity contribution in [1.29, 1.82) is 5.26 Å². The van der Waals surface area contributed by atoms with E-state index in [1.807, 2.05) is 42.5 Å². The zero-order chi connectivity index (χ0) is 33.1. The number of aromatic nitrogens is 2. The van der Waals surface area contributed by atoms with E-state index >= 15 is 0 Å². The lowest BCUT2D eigenvalue weighted by atomic mass is 10.1. The Morgan fingerprint density at radius 2 is 1.00 bits per heavy atom. The van der Waals surface area contributed by atoms with E-state index in [9.17, 15) is 5.26 Å². The molecule has 6 heteroatoms. The third-order valence-electron chi connectivity index (χ3n) is 10.1. The van der Waals surface area contributed by atoms with Crippen molar-refractivity contribution in [3.63, 3.8) is 0 Å². The van der Waals surface area contributed by atoms with Gasteiger partial charge in [-0.2, -0.15) is 5.26 Å². The number of benzene rings is 7. The van der Waals surface area contributed by atoms with Crippen LogP contribution in [0.2, 0.25) is 0 Å². The monoisotopic (exact) mass is 638 g/mol. The number of hydrogen-bond acceptors (Lipinski definition) is 3. The molecular weight excluding hydrogens is 617 g/mol. The molecule has 0 N–H and O–H groups in total. The molecule has 0 amide bonds. The lowest BCUT2D eigenvalue weighted by molar-refractivity contribution is 0.668. The first-order chi connectivity index (χ1) is 24.7. The lowest BCUT2D eigenvalue weighted by Crippen LogP contribution is -1.94. The van der Waals surface area contributed by atoms with Gasteiger partial charge in [0.15, 0.2) is 5.69 Å². The highest BCUT2D eigenvalue weighted by Crippen LogP contribution is 2.41. The Bertz CT molecular complexity index is 3360. The Labute approximate surface area is 283 Å². The van der Waals surface area contributed by atoms with Crippen molar-refractivity contribution in [1.82, 2.24) is 9.13 Å². The largest absolute Gasteiger partial charge is 0.456 e. The fraction of sp³-hybridized carbons (Fsp3) is 0. The predicted molar refractivity (Wildman–Crippen MR) is 201 cm³/mol. The number of nitriles is 1. The lowest BCUT2D eigenvalue weighted by Gasteiger charge is -2.09. The van der Waals surface area contributed by atoms with Gasteiger partial charge in [-0.3, -0.25) is 0 Å². The Morgan fingerprint density at radius 3 is 1.66 bits per heavy atom. The first kappa shape index (κ1) is 26.8. The summed E-state index contributed by atoms with van der Waals surface area (Å²) in [6, 6.07) is 47.6. The zero-order valence-electron chi connectivity index (χ0n) is 26.3. The summed E-state index contributed by atoms with van der Waals surface area (Å²) in [4.78, 5) is 3.66. The van der Waals surface area contributed by atoms with Crippen molar-refractivity contribution < 1.29 is 8.83 Å². The molecule has 0 saturated carbocycles. The van der Waals surface area contributed by atoms with Gasteiger partial charge in [-0.15, -0.1) is 0 Å². The summed E-state index contributed by atoms with van der Waals surface area (Å²) >= 11 is 0. The second kappa shape index (κ2) is 9.64. The molecule has 0 spiro atoms. The predicted octanol–water partition coefficient (Wildman–Crippen LogP) is 12.1. The van der Waals surface area contributed by atoms with Gasteiger partial charge < -0.3 is 18.0 Å². The van der Waals surface area contributed by atoms with E-state index in [1.165, 1.54) is 0 Å². The maximum absolute atomic E-state index is 9.61. The fourth-order valence-corrected chi connectivity index (χ4v) is 7.93. The molecule has 4 aromatic heterocycles. The van der Waals surface area contributed by atoms with Crippen molar-refractivity contribution in [2.75, 3.05) is 0 Å². The van der Waals surface area contributed by atoms with Crippen molar-refractivity contribution in [3.8, 4) is 17.4 Å². The van der Waals surface area contributed by atoms with Crippen molar-refractivity contribution >= 4 is 93.2 Å².